The highest BCUT2D eigenvalue weighted by Crippen LogP contribution is 2.29. The van der Waals surface area contributed by atoms with Crippen LogP contribution in [0.5, 0.6) is 11.5 Å². The van der Waals surface area contributed by atoms with E-state index >= 15 is 0 Å². The third-order valence-corrected chi connectivity index (χ3v) is 3.99. The van der Waals surface area contributed by atoms with Crippen molar-refractivity contribution >= 4 is 34.8 Å². The third kappa shape index (κ3) is 4.25. The van der Waals surface area contributed by atoms with Crippen molar-refractivity contribution in [3.05, 3.63) is 52.6 Å². The van der Waals surface area contributed by atoms with Crippen LogP contribution in [0.2, 0.25) is 0 Å². The summed E-state index contributed by atoms with van der Waals surface area (Å²) < 4.78 is 10.5. The highest BCUT2D eigenvalue weighted by molar-refractivity contribution is 6.47. The Bertz CT molecular complexity index is 816. The number of ether oxygens (including phenoxy) is 2. The summed E-state index contributed by atoms with van der Waals surface area (Å²) in [6.45, 7) is 0. The Balaban J connectivity index is 2.37. The molecule has 132 valence electrons. The number of methoxy groups -OCH3 is 2. The first-order valence-electron chi connectivity index (χ1n) is 7.58. The number of benzene rings is 2. The number of halogens is 1. The van der Waals surface area contributed by atoms with Crippen molar-refractivity contribution in [2.24, 2.45) is 0 Å². The van der Waals surface area contributed by atoms with Gasteiger partial charge in [0.2, 0.25) is 5.78 Å². The molecule has 2 aromatic carbocycles. The molecule has 0 aliphatic rings. The normalized spacial score (nSPS) is 11.2. The standard InChI is InChI=1S/C19H21ClN2O3/c1-22(2)17-7-5-12(11-16(17)21)19(23)15(20)10-13-9-14(24-3)6-8-18(13)25-4/h5-11H,21H2,1-4H3. The summed E-state index contributed by atoms with van der Waals surface area (Å²) in [6.07, 6.45) is 1.56. The Morgan fingerprint density at radius 2 is 1.84 bits per heavy atom. The molecule has 0 atom stereocenters. The summed E-state index contributed by atoms with van der Waals surface area (Å²) >= 11 is 6.24. The maximum absolute atomic E-state index is 12.6. The van der Waals surface area contributed by atoms with Gasteiger partial charge < -0.3 is 20.1 Å². The third-order valence-electron chi connectivity index (χ3n) is 3.71. The molecule has 0 spiro atoms. The molecule has 0 bridgehead atoms. The molecule has 2 rings (SSSR count). The number of nitrogens with two attached hydrogens (primary N) is 1. The molecule has 0 amide bonds. The van der Waals surface area contributed by atoms with E-state index in [-0.39, 0.29) is 10.8 Å². The molecule has 25 heavy (non-hydrogen) atoms. The first kappa shape index (κ1) is 18.7. The lowest BCUT2D eigenvalue weighted by atomic mass is 10.1. The van der Waals surface area contributed by atoms with Gasteiger partial charge >= 0.3 is 0 Å². The Kier molecular flexibility index (Phi) is 5.93. The summed E-state index contributed by atoms with van der Waals surface area (Å²) in [4.78, 5) is 14.5. The van der Waals surface area contributed by atoms with Crippen LogP contribution in [0.1, 0.15) is 15.9 Å². The molecule has 2 aromatic rings. The number of carbonyl (C=O) groups is 1. The molecule has 0 aliphatic carbocycles. The highest BCUT2D eigenvalue weighted by Gasteiger charge is 2.14. The zero-order valence-electron chi connectivity index (χ0n) is 14.7. The second kappa shape index (κ2) is 7.94. The summed E-state index contributed by atoms with van der Waals surface area (Å²) in [5, 5.41) is 0.0588. The zero-order valence-corrected chi connectivity index (χ0v) is 15.4. The van der Waals surface area contributed by atoms with E-state index in [1.807, 2.05) is 19.0 Å². The molecular formula is C19H21ClN2O3. The van der Waals surface area contributed by atoms with Gasteiger partial charge in [-0.2, -0.15) is 0 Å². The smallest absolute Gasteiger partial charge is 0.204 e. The molecule has 2 N–H and O–H groups in total. The summed E-state index contributed by atoms with van der Waals surface area (Å²) in [5.41, 5.74) is 8.43. The minimum Gasteiger partial charge on any atom is -0.497 e. The number of nitrogen functional groups attached to an aromatic ring is 1. The number of ketones is 1. The average molecular weight is 361 g/mol. The van der Waals surface area contributed by atoms with Gasteiger partial charge in [0, 0.05) is 25.2 Å². The molecule has 6 heteroatoms. The number of carbonyl (C=O) groups excluding carboxylic acids is 1. The number of hydrogen-bond donors (Lipinski definition) is 1. The van der Waals surface area contributed by atoms with Crippen LogP contribution in [0.25, 0.3) is 6.08 Å². The quantitative estimate of drug-likeness (QED) is 0.482. The monoisotopic (exact) mass is 360 g/mol. The van der Waals surface area contributed by atoms with Gasteiger partial charge in [0.25, 0.3) is 0 Å². The maximum atomic E-state index is 12.6. The molecule has 0 radical (unpaired) electrons. The number of hydrogen-bond acceptors (Lipinski definition) is 5. The van der Waals surface area contributed by atoms with Crippen molar-refractivity contribution in [1.29, 1.82) is 0 Å². The number of nitrogens with zero attached hydrogens (tertiary/aromatic N) is 1. The van der Waals surface area contributed by atoms with Crippen LogP contribution < -0.4 is 20.1 Å². The lowest BCUT2D eigenvalue weighted by Gasteiger charge is -2.15. The Hall–Kier alpha value is -2.66. The van der Waals surface area contributed by atoms with Crippen molar-refractivity contribution < 1.29 is 14.3 Å². The summed E-state index contributed by atoms with van der Waals surface area (Å²) in [5.74, 6) is 0.918. The summed E-state index contributed by atoms with van der Waals surface area (Å²) in [7, 11) is 6.89. The second-order valence-electron chi connectivity index (χ2n) is 5.60. The van der Waals surface area contributed by atoms with Gasteiger partial charge in [-0.25, -0.2) is 0 Å². The number of anilines is 2. The van der Waals surface area contributed by atoms with E-state index in [0.29, 0.717) is 28.3 Å². The lowest BCUT2D eigenvalue weighted by Crippen LogP contribution is -2.12. The van der Waals surface area contributed by atoms with Gasteiger partial charge in [-0.1, -0.05) is 11.6 Å². The molecule has 0 heterocycles. The topological polar surface area (TPSA) is 64.8 Å². The van der Waals surface area contributed by atoms with Crippen molar-refractivity contribution in [1.82, 2.24) is 0 Å². The Morgan fingerprint density at radius 3 is 2.40 bits per heavy atom. The molecule has 0 saturated heterocycles. The lowest BCUT2D eigenvalue weighted by molar-refractivity contribution is 0.104. The first-order valence-corrected chi connectivity index (χ1v) is 7.96. The Morgan fingerprint density at radius 1 is 1.12 bits per heavy atom. The van der Waals surface area contributed by atoms with Crippen molar-refractivity contribution in [3.8, 4) is 11.5 Å². The van der Waals surface area contributed by atoms with Gasteiger partial charge in [-0.15, -0.1) is 0 Å². The van der Waals surface area contributed by atoms with Crippen LogP contribution in [0.15, 0.2) is 41.4 Å². The fourth-order valence-electron chi connectivity index (χ4n) is 2.40. The molecule has 0 unspecified atom stereocenters. The molecule has 0 aromatic heterocycles. The molecule has 0 saturated carbocycles. The van der Waals surface area contributed by atoms with E-state index < -0.39 is 0 Å². The van der Waals surface area contributed by atoms with Crippen LogP contribution in [0, 0.1) is 0 Å². The van der Waals surface area contributed by atoms with E-state index in [0.717, 1.165) is 5.69 Å². The van der Waals surface area contributed by atoms with Crippen LogP contribution in [-0.4, -0.2) is 34.1 Å². The van der Waals surface area contributed by atoms with Gasteiger partial charge in [0.05, 0.1) is 30.6 Å². The summed E-state index contributed by atoms with van der Waals surface area (Å²) in [6, 6.07) is 10.4. The number of rotatable bonds is 6. The zero-order chi connectivity index (χ0) is 18.6. The van der Waals surface area contributed by atoms with E-state index in [9.17, 15) is 4.79 Å². The second-order valence-corrected chi connectivity index (χ2v) is 6.00. The van der Waals surface area contributed by atoms with Crippen molar-refractivity contribution in [3.63, 3.8) is 0 Å². The molecule has 5 nitrogen and oxygen atoms in total. The molecule has 0 fully saturated rings. The first-order chi connectivity index (χ1) is 11.9. The van der Waals surface area contributed by atoms with Crippen LogP contribution in [-0.2, 0) is 0 Å². The molecule has 0 aliphatic heterocycles. The SMILES string of the molecule is COc1ccc(OC)c(C=C(Cl)C(=O)c2ccc(N(C)C)c(N)c2)c1. The predicted octanol–water partition coefficient (Wildman–Crippen LogP) is 3.81. The fourth-order valence-corrected chi connectivity index (χ4v) is 2.62. The van der Waals surface area contributed by atoms with Crippen molar-refractivity contribution in [2.75, 3.05) is 38.9 Å². The van der Waals surface area contributed by atoms with Crippen LogP contribution in [0.3, 0.4) is 0 Å². The molecular weight excluding hydrogens is 340 g/mol. The average Bonchev–Trinajstić information content (AvgIpc) is 2.60. The van der Waals surface area contributed by atoms with Gasteiger partial charge in [-0.05, 0) is 42.5 Å². The minimum absolute atomic E-state index is 0.0588. The largest absolute Gasteiger partial charge is 0.497 e. The number of allylic oxidation sites excluding steroid dienone is 1. The van der Waals surface area contributed by atoms with Crippen LogP contribution in [0.4, 0.5) is 11.4 Å². The van der Waals surface area contributed by atoms with E-state index in [2.05, 4.69) is 0 Å². The van der Waals surface area contributed by atoms with Gasteiger partial charge in [-0.3, -0.25) is 4.79 Å². The van der Waals surface area contributed by atoms with Gasteiger partial charge in [0.1, 0.15) is 11.5 Å². The van der Waals surface area contributed by atoms with Crippen molar-refractivity contribution in [2.45, 2.75) is 0 Å². The highest BCUT2D eigenvalue weighted by atomic mass is 35.5. The predicted molar refractivity (Wildman–Crippen MR) is 103 cm³/mol. The maximum Gasteiger partial charge on any atom is 0.204 e. The minimum atomic E-state index is -0.316. The fraction of sp³-hybridized carbons (Fsp3) is 0.211. The van der Waals surface area contributed by atoms with E-state index in [1.54, 1.807) is 56.7 Å². The number of Topliss-reactive ketones (excluding diaryl/α,β-unsaturated/α-hetero) is 1. The Labute approximate surface area is 152 Å². The van der Waals surface area contributed by atoms with Gasteiger partial charge in [0.15, 0.2) is 0 Å². The van der Waals surface area contributed by atoms with Crippen LogP contribution >= 0.6 is 11.6 Å². The van der Waals surface area contributed by atoms with E-state index in [1.165, 1.54) is 0 Å². The van der Waals surface area contributed by atoms with E-state index in [4.69, 9.17) is 26.8 Å².